The summed E-state index contributed by atoms with van der Waals surface area (Å²) in [5, 5.41) is 4.44. The number of aryl methyl sites for hydroxylation is 1. The number of anilines is 1. The molecule has 2 heterocycles. The quantitative estimate of drug-likeness (QED) is 0.894. The van der Waals surface area contributed by atoms with Crippen LogP contribution < -0.4 is 10.2 Å². The van der Waals surface area contributed by atoms with Crippen molar-refractivity contribution in [1.29, 1.82) is 0 Å². The number of thiazole rings is 1. The molecule has 3 nitrogen and oxygen atoms in total. The van der Waals surface area contributed by atoms with Gasteiger partial charge in [0.15, 0.2) is 5.13 Å². The Bertz CT molecular complexity index is 373. The first-order valence-electron chi connectivity index (χ1n) is 6.51. The molecule has 1 aliphatic heterocycles. The predicted octanol–water partition coefficient (Wildman–Crippen LogP) is 2.80. The summed E-state index contributed by atoms with van der Waals surface area (Å²) in [6, 6.07) is 0.683. The van der Waals surface area contributed by atoms with E-state index in [9.17, 15) is 0 Å². The van der Waals surface area contributed by atoms with E-state index in [0.717, 1.165) is 12.5 Å². The van der Waals surface area contributed by atoms with Gasteiger partial charge >= 0.3 is 0 Å². The van der Waals surface area contributed by atoms with E-state index in [1.54, 1.807) is 0 Å². The Morgan fingerprint density at radius 3 is 2.94 bits per heavy atom. The highest BCUT2D eigenvalue weighted by molar-refractivity contribution is 7.15. The first-order chi connectivity index (χ1) is 8.13. The standard InChI is InChI=1S/C13H23N3S/c1-9(2)11-6-5-7-16(11)13-15-10(3)12(17-13)8-14-4/h9,11,14H,5-8H2,1-4H3. The zero-order chi connectivity index (χ0) is 12.4. The van der Waals surface area contributed by atoms with Gasteiger partial charge in [-0.2, -0.15) is 0 Å². The van der Waals surface area contributed by atoms with E-state index in [0.29, 0.717) is 6.04 Å². The SMILES string of the molecule is CNCc1sc(N2CCCC2C(C)C)nc1C. The monoisotopic (exact) mass is 253 g/mol. The number of hydrogen-bond donors (Lipinski definition) is 1. The summed E-state index contributed by atoms with van der Waals surface area (Å²) >= 11 is 1.85. The van der Waals surface area contributed by atoms with Crippen LogP contribution in [0.15, 0.2) is 0 Å². The maximum Gasteiger partial charge on any atom is 0.186 e. The molecule has 1 N–H and O–H groups in total. The summed E-state index contributed by atoms with van der Waals surface area (Å²) in [5.74, 6) is 0.717. The molecule has 0 aliphatic carbocycles. The van der Waals surface area contributed by atoms with E-state index in [1.165, 1.54) is 35.1 Å². The van der Waals surface area contributed by atoms with Crippen LogP contribution >= 0.6 is 11.3 Å². The molecule has 1 saturated heterocycles. The number of nitrogens with zero attached hydrogens (tertiary/aromatic N) is 2. The molecule has 1 fully saturated rings. The first-order valence-corrected chi connectivity index (χ1v) is 7.32. The molecule has 1 aliphatic rings. The minimum Gasteiger partial charge on any atom is -0.345 e. The van der Waals surface area contributed by atoms with Crippen LogP contribution in [0, 0.1) is 12.8 Å². The largest absolute Gasteiger partial charge is 0.345 e. The van der Waals surface area contributed by atoms with Crippen molar-refractivity contribution in [3.05, 3.63) is 10.6 Å². The Hall–Kier alpha value is -0.610. The van der Waals surface area contributed by atoms with Crippen LogP contribution in [0.25, 0.3) is 0 Å². The van der Waals surface area contributed by atoms with Crippen LogP contribution in [-0.4, -0.2) is 24.6 Å². The first kappa shape index (κ1) is 12.8. The molecule has 2 rings (SSSR count). The van der Waals surface area contributed by atoms with Crippen molar-refractivity contribution >= 4 is 16.5 Å². The second-order valence-electron chi connectivity index (χ2n) is 5.18. The van der Waals surface area contributed by atoms with E-state index in [2.05, 4.69) is 31.0 Å². The molecular formula is C13H23N3S. The van der Waals surface area contributed by atoms with Gasteiger partial charge in [-0.25, -0.2) is 4.98 Å². The van der Waals surface area contributed by atoms with E-state index < -0.39 is 0 Å². The topological polar surface area (TPSA) is 28.2 Å². The molecule has 4 heteroatoms. The summed E-state index contributed by atoms with van der Waals surface area (Å²) in [5.41, 5.74) is 1.19. The van der Waals surface area contributed by atoms with E-state index in [-0.39, 0.29) is 0 Å². The fourth-order valence-corrected chi connectivity index (χ4v) is 3.74. The van der Waals surface area contributed by atoms with Gasteiger partial charge in [-0.1, -0.05) is 13.8 Å². The van der Waals surface area contributed by atoms with Gasteiger partial charge in [0.2, 0.25) is 0 Å². The van der Waals surface area contributed by atoms with Gasteiger partial charge < -0.3 is 10.2 Å². The van der Waals surface area contributed by atoms with Crippen molar-refractivity contribution in [2.75, 3.05) is 18.5 Å². The Morgan fingerprint density at radius 1 is 1.53 bits per heavy atom. The summed E-state index contributed by atoms with van der Waals surface area (Å²) in [6.07, 6.45) is 2.63. The Balaban J connectivity index is 2.18. The molecule has 17 heavy (non-hydrogen) atoms. The summed E-state index contributed by atoms with van der Waals surface area (Å²) in [7, 11) is 1.99. The lowest BCUT2D eigenvalue weighted by Gasteiger charge is -2.27. The van der Waals surface area contributed by atoms with Crippen LogP contribution in [0.1, 0.15) is 37.3 Å². The third-order valence-electron chi connectivity index (χ3n) is 3.53. The van der Waals surface area contributed by atoms with Crippen LogP contribution in [-0.2, 0) is 6.54 Å². The van der Waals surface area contributed by atoms with Crippen molar-refractivity contribution in [2.24, 2.45) is 5.92 Å². The lowest BCUT2D eigenvalue weighted by Crippen LogP contribution is -2.33. The zero-order valence-corrected chi connectivity index (χ0v) is 12.1. The summed E-state index contributed by atoms with van der Waals surface area (Å²) in [6.45, 7) is 8.86. The molecule has 0 aromatic carbocycles. The fraction of sp³-hybridized carbons (Fsp3) is 0.769. The van der Waals surface area contributed by atoms with Gasteiger partial charge in [-0.3, -0.25) is 0 Å². The molecule has 0 amide bonds. The molecule has 1 aromatic heterocycles. The van der Waals surface area contributed by atoms with E-state index >= 15 is 0 Å². The van der Waals surface area contributed by atoms with Crippen LogP contribution in [0.3, 0.4) is 0 Å². The molecule has 1 atom stereocenters. The van der Waals surface area contributed by atoms with Crippen molar-refractivity contribution in [3.63, 3.8) is 0 Å². The summed E-state index contributed by atoms with van der Waals surface area (Å²) < 4.78 is 0. The van der Waals surface area contributed by atoms with Crippen LogP contribution in [0.2, 0.25) is 0 Å². The second kappa shape index (κ2) is 5.36. The van der Waals surface area contributed by atoms with Gasteiger partial charge in [0.25, 0.3) is 0 Å². The lowest BCUT2D eigenvalue weighted by atomic mass is 10.0. The van der Waals surface area contributed by atoms with Gasteiger partial charge in [0.1, 0.15) is 0 Å². The maximum absolute atomic E-state index is 4.75. The smallest absolute Gasteiger partial charge is 0.186 e. The van der Waals surface area contributed by atoms with Crippen LogP contribution in [0.4, 0.5) is 5.13 Å². The Kier molecular flexibility index (Phi) is 4.05. The number of hydrogen-bond acceptors (Lipinski definition) is 4. The van der Waals surface area contributed by atoms with Gasteiger partial charge in [0.05, 0.1) is 5.69 Å². The van der Waals surface area contributed by atoms with Gasteiger partial charge in [-0.05, 0) is 32.7 Å². The van der Waals surface area contributed by atoms with E-state index in [1.807, 2.05) is 18.4 Å². The third-order valence-corrected chi connectivity index (χ3v) is 4.73. The highest BCUT2D eigenvalue weighted by Crippen LogP contribution is 2.33. The second-order valence-corrected chi connectivity index (χ2v) is 6.24. The average Bonchev–Trinajstić information content (AvgIpc) is 2.86. The zero-order valence-electron chi connectivity index (χ0n) is 11.3. The van der Waals surface area contributed by atoms with Crippen molar-refractivity contribution in [3.8, 4) is 0 Å². The number of aromatic nitrogens is 1. The van der Waals surface area contributed by atoms with Crippen molar-refractivity contribution < 1.29 is 0 Å². The summed E-state index contributed by atoms with van der Waals surface area (Å²) in [4.78, 5) is 8.64. The third kappa shape index (κ3) is 2.63. The molecule has 0 bridgehead atoms. The highest BCUT2D eigenvalue weighted by Gasteiger charge is 2.29. The molecule has 1 aromatic rings. The van der Waals surface area contributed by atoms with Gasteiger partial charge in [0, 0.05) is 24.0 Å². The normalized spacial score (nSPS) is 20.5. The Labute approximate surface area is 108 Å². The molecule has 0 radical (unpaired) electrons. The fourth-order valence-electron chi connectivity index (χ4n) is 2.58. The number of nitrogens with one attached hydrogen (secondary N) is 1. The van der Waals surface area contributed by atoms with Gasteiger partial charge in [-0.15, -0.1) is 11.3 Å². The maximum atomic E-state index is 4.75. The lowest BCUT2D eigenvalue weighted by molar-refractivity contribution is 0.491. The van der Waals surface area contributed by atoms with Crippen molar-refractivity contribution in [1.82, 2.24) is 10.3 Å². The predicted molar refractivity (Wildman–Crippen MR) is 74.8 cm³/mol. The molecule has 0 spiro atoms. The molecule has 1 unspecified atom stereocenters. The molecule has 0 saturated carbocycles. The molecular weight excluding hydrogens is 230 g/mol. The minimum atomic E-state index is 0.683. The van der Waals surface area contributed by atoms with E-state index in [4.69, 9.17) is 4.98 Å². The average molecular weight is 253 g/mol. The van der Waals surface area contributed by atoms with Crippen LogP contribution in [0.5, 0.6) is 0 Å². The number of rotatable bonds is 4. The molecule has 96 valence electrons. The van der Waals surface area contributed by atoms with Crippen molar-refractivity contribution in [2.45, 2.75) is 46.2 Å². The Morgan fingerprint density at radius 2 is 2.29 bits per heavy atom. The minimum absolute atomic E-state index is 0.683. The highest BCUT2D eigenvalue weighted by atomic mass is 32.1.